The van der Waals surface area contributed by atoms with Crippen LogP contribution in [0.3, 0.4) is 0 Å². The maximum atomic E-state index is 11.4. The highest BCUT2D eigenvalue weighted by molar-refractivity contribution is 7.79. The van der Waals surface area contributed by atoms with E-state index in [1.165, 1.54) is 0 Å². The van der Waals surface area contributed by atoms with E-state index in [4.69, 9.17) is 5.73 Å². The number of allylic oxidation sites excluding steroid dienone is 3. The highest BCUT2D eigenvalue weighted by Crippen LogP contribution is 2.39. The molecule has 1 heterocycles. The van der Waals surface area contributed by atoms with Gasteiger partial charge in [0, 0.05) is 29.6 Å². The summed E-state index contributed by atoms with van der Waals surface area (Å²) in [5, 5.41) is 13.1. The van der Waals surface area contributed by atoms with Gasteiger partial charge in [0.2, 0.25) is 0 Å². The Morgan fingerprint density at radius 3 is 2.48 bits per heavy atom. The van der Waals surface area contributed by atoms with E-state index in [0.717, 1.165) is 34.5 Å². The predicted molar refractivity (Wildman–Crippen MR) is 98.8 cm³/mol. The van der Waals surface area contributed by atoms with Crippen molar-refractivity contribution in [3.63, 3.8) is 0 Å². The number of nitriles is 1. The van der Waals surface area contributed by atoms with Crippen molar-refractivity contribution >= 4 is 11.1 Å². The molecule has 5 nitrogen and oxygen atoms in total. The highest BCUT2D eigenvalue weighted by atomic mass is 32.2. The maximum absolute atomic E-state index is 11.4. The molecule has 0 radical (unpaired) electrons. The van der Waals surface area contributed by atoms with E-state index in [0.29, 0.717) is 18.0 Å². The summed E-state index contributed by atoms with van der Waals surface area (Å²) in [7, 11) is 0. The van der Waals surface area contributed by atoms with E-state index in [-0.39, 0.29) is 11.7 Å². The molecule has 6 heteroatoms. The Morgan fingerprint density at radius 1 is 1.36 bits per heavy atom. The maximum Gasteiger partial charge on any atom is 0.0975 e. The Kier molecular flexibility index (Phi) is 6.54. The predicted octanol–water partition coefficient (Wildman–Crippen LogP) is 2.81. The van der Waals surface area contributed by atoms with Crippen LogP contribution in [0.25, 0.3) is 0 Å². The second-order valence-corrected chi connectivity index (χ2v) is 7.60. The van der Waals surface area contributed by atoms with E-state index in [1.54, 1.807) is 0 Å². The first-order chi connectivity index (χ1) is 11.9. The zero-order valence-corrected chi connectivity index (χ0v) is 15.7. The first kappa shape index (κ1) is 19.4. The molecule has 0 fully saturated rings. The number of nitrogens with one attached hydrogen (secondary N) is 1. The van der Waals surface area contributed by atoms with E-state index in [1.807, 2.05) is 31.2 Å². The number of hydrogen-bond acceptors (Lipinski definition) is 5. The molecule has 0 bridgehead atoms. The van der Waals surface area contributed by atoms with Crippen molar-refractivity contribution in [2.24, 2.45) is 11.7 Å². The minimum absolute atomic E-state index is 0.0950. The normalized spacial score (nSPS) is 19.0. The van der Waals surface area contributed by atoms with Crippen LogP contribution in [0.1, 0.15) is 44.2 Å². The third kappa shape index (κ3) is 4.57. The summed E-state index contributed by atoms with van der Waals surface area (Å²) in [5.74, 6) is -0.0544. The fourth-order valence-corrected chi connectivity index (χ4v) is 3.81. The second kappa shape index (κ2) is 8.43. The molecule has 0 spiro atoms. The van der Waals surface area contributed by atoms with Crippen molar-refractivity contribution in [3.05, 3.63) is 57.9 Å². The standard InChI is InChI=1S/C19H25N3O2S/c1-12(2)8-18-16(10-21)19(15-6-4-14(9-20)5-7-15)17(11-25(23)24)13(3)22-18/h4-7,12,19,22H,8-9,11,20H2,1-3H3,(H,23,24)/p-1. The molecular weight excluding hydrogens is 334 g/mol. The molecule has 134 valence electrons. The van der Waals surface area contributed by atoms with Crippen LogP contribution in [0.2, 0.25) is 0 Å². The molecule has 0 saturated carbocycles. The third-order valence-corrected chi connectivity index (χ3v) is 4.88. The second-order valence-electron chi connectivity index (χ2n) is 6.70. The molecule has 1 aromatic rings. The summed E-state index contributed by atoms with van der Waals surface area (Å²) >= 11 is -2.22. The van der Waals surface area contributed by atoms with Gasteiger partial charge in [-0.05, 0) is 36.0 Å². The minimum Gasteiger partial charge on any atom is -0.772 e. The van der Waals surface area contributed by atoms with E-state index >= 15 is 0 Å². The van der Waals surface area contributed by atoms with Gasteiger partial charge in [-0.15, -0.1) is 0 Å². The largest absolute Gasteiger partial charge is 0.772 e. The summed E-state index contributed by atoms with van der Waals surface area (Å²) in [6.07, 6.45) is 0.741. The molecule has 2 unspecified atom stereocenters. The first-order valence-electron chi connectivity index (χ1n) is 8.31. The van der Waals surface area contributed by atoms with Gasteiger partial charge in [0.1, 0.15) is 0 Å². The summed E-state index contributed by atoms with van der Waals surface area (Å²) < 4.78 is 22.7. The molecule has 1 aromatic carbocycles. The lowest BCUT2D eigenvalue weighted by Crippen LogP contribution is -2.28. The Bertz CT molecular complexity index is 758. The molecule has 0 amide bonds. The van der Waals surface area contributed by atoms with Crippen LogP contribution in [0.5, 0.6) is 0 Å². The molecule has 3 N–H and O–H groups in total. The van der Waals surface area contributed by atoms with Crippen molar-refractivity contribution in [1.29, 1.82) is 5.26 Å². The summed E-state index contributed by atoms with van der Waals surface area (Å²) in [4.78, 5) is 0. The van der Waals surface area contributed by atoms with Gasteiger partial charge in [-0.3, -0.25) is 4.21 Å². The highest BCUT2D eigenvalue weighted by Gasteiger charge is 2.30. The SMILES string of the molecule is CC1=C(CS(=O)[O-])C(c2ccc(CN)cc2)C(C#N)=C(CC(C)C)N1. The van der Waals surface area contributed by atoms with Crippen molar-refractivity contribution in [2.75, 3.05) is 5.75 Å². The van der Waals surface area contributed by atoms with Crippen LogP contribution in [-0.2, 0) is 17.6 Å². The lowest BCUT2D eigenvalue weighted by molar-refractivity contribution is 0.537. The van der Waals surface area contributed by atoms with Crippen LogP contribution >= 0.6 is 0 Å². The fraction of sp³-hybridized carbons (Fsp3) is 0.421. The summed E-state index contributed by atoms with van der Waals surface area (Å²) in [5.41, 5.74) is 10.6. The monoisotopic (exact) mass is 358 g/mol. The van der Waals surface area contributed by atoms with Crippen molar-refractivity contribution in [3.8, 4) is 6.07 Å². The fourth-order valence-electron chi connectivity index (χ4n) is 3.17. The molecule has 2 atom stereocenters. The summed E-state index contributed by atoms with van der Waals surface area (Å²) in [6.45, 7) is 6.50. The number of benzene rings is 1. The smallest absolute Gasteiger partial charge is 0.0975 e. The minimum atomic E-state index is -2.22. The Morgan fingerprint density at radius 2 is 2.00 bits per heavy atom. The van der Waals surface area contributed by atoms with Crippen LogP contribution in [-0.4, -0.2) is 14.5 Å². The Hall–Kier alpha value is -1.94. The van der Waals surface area contributed by atoms with E-state index < -0.39 is 11.1 Å². The lowest BCUT2D eigenvalue weighted by atomic mass is 9.80. The van der Waals surface area contributed by atoms with Gasteiger partial charge in [-0.25, -0.2) is 0 Å². The zero-order chi connectivity index (χ0) is 18.6. The molecule has 1 aliphatic heterocycles. The van der Waals surface area contributed by atoms with Crippen LogP contribution in [0.15, 0.2) is 46.8 Å². The number of hydrogen-bond donors (Lipinski definition) is 2. The quantitative estimate of drug-likeness (QED) is 0.761. The Labute approximate surface area is 151 Å². The molecular formula is C19H24N3O2S-. The molecule has 25 heavy (non-hydrogen) atoms. The van der Waals surface area contributed by atoms with Gasteiger partial charge in [0.05, 0.1) is 11.6 Å². The number of dihydropyridines is 1. The van der Waals surface area contributed by atoms with Gasteiger partial charge >= 0.3 is 0 Å². The number of nitrogens with zero attached hydrogens (tertiary/aromatic N) is 1. The summed E-state index contributed by atoms with van der Waals surface area (Å²) in [6, 6.07) is 10.0. The van der Waals surface area contributed by atoms with Crippen LogP contribution in [0, 0.1) is 17.2 Å². The van der Waals surface area contributed by atoms with E-state index in [9.17, 15) is 14.0 Å². The van der Waals surface area contributed by atoms with E-state index in [2.05, 4.69) is 25.2 Å². The van der Waals surface area contributed by atoms with Crippen LogP contribution < -0.4 is 11.1 Å². The van der Waals surface area contributed by atoms with Gasteiger partial charge in [0.25, 0.3) is 0 Å². The van der Waals surface area contributed by atoms with Crippen molar-refractivity contribution in [2.45, 2.75) is 39.7 Å². The number of nitrogens with two attached hydrogens (primary N) is 1. The molecule has 0 aliphatic carbocycles. The van der Waals surface area contributed by atoms with Gasteiger partial charge < -0.3 is 15.6 Å². The third-order valence-electron chi connectivity index (χ3n) is 4.34. The number of rotatable bonds is 6. The topological polar surface area (TPSA) is 102 Å². The molecule has 0 aromatic heterocycles. The molecule has 2 rings (SSSR count). The zero-order valence-electron chi connectivity index (χ0n) is 14.8. The van der Waals surface area contributed by atoms with Crippen molar-refractivity contribution < 1.29 is 8.76 Å². The van der Waals surface area contributed by atoms with Crippen LogP contribution in [0.4, 0.5) is 0 Å². The van der Waals surface area contributed by atoms with Crippen molar-refractivity contribution in [1.82, 2.24) is 5.32 Å². The molecule has 1 aliphatic rings. The van der Waals surface area contributed by atoms with Gasteiger partial charge in [0.15, 0.2) is 0 Å². The lowest BCUT2D eigenvalue weighted by Gasteiger charge is -2.32. The van der Waals surface area contributed by atoms with Gasteiger partial charge in [-0.1, -0.05) is 49.2 Å². The molecule has 0 saturated heterocycles. The first-order valence-corrected chi connectivity index (χ1v) is 9.56. The van der Waals surface area contributed by atoms with Gasteiger partial charge in [-0.2, -0.15) is 5.26 Å². The average molecular weight is 358 g/mol. The Balaban J connectivity index is 2.57. The average Bonchev–Trinajstić information content (AvgIpc) is 2.56.